The number of carbonyl (C=O) groups is 1. The molecule has 0 saturated heterocycles. The Morgan fingerprint density at radius 3 is 2.45 bits per heavy atom. The Morgan fingerprint density at radius 1 is 1.03 bits per heavy atom. The zero-order chi connectivity index (χ0) is 20.4. The number of nitrogens with one attached hydrogen (secondary N) is 2. The van der Waals surface area contributed by atoms with E-state index in [1.165, 1.54) is 0 Å². The van der Waals surface area contributed by atoms with E-state index in [2.05, 4.69) is 15.3 Å². The largest absolute Gasteiger partial charge is 0.491 e. The Hall–Kier alpha value is -3.80. The monoisotopic (exact) mass is 386 g/mol. The first-order valence-corrected chi connectivity index (χ1v) is 9.42. The summed E-state index contributed by atoms with van der Waals surface area (Å²) in [7, 11) is 0. The van der Waals surface area contributed by atoms with E-state index < -0.39 is 0 Å². The number of benzene rings is 3. The molecule has 29 heavy (non-hydrogen) atoms. The van der Waals surface area contributed by atoms with Gasteiger partial charge < -0.3 is 20.8 Å². The number of anilines is 2. The first-order valence-electron chi connectivity index (χ1n) is 9.42. The highest BCUT2D eigenvalue weighted by molar-refractivity contribution is 6.05. The SMILES string of the molecule is CC(C)Oc1ccc(-c2nc3ccc(NC(=O)c4ccc(N)cc4)cc3[nH]2)cc1. The number of rotatable bonds is 5. The van der Waals surface area contributed by atoms with Crippen LogP contribution in [0.15, 0.2) is 66.7 Å². The summed E-state index contributed by atoms with van der Waals surface area (Å²) < 4.78 is 5.68. The van der Waals surface area contributed by atoms with Crippen LogP contribution in [-0.4, -0.2) is 22.0 Å². The molecule has 0 aliphatic rings. The lowest BCUT2D eigenvalue weighted by molar-refractivity contribution is 0.102. The quantitative estimate of drug-likeness (QED) is 0.427. The van der Waals surface area contributed by atoms with Crippen molar-refractivity contribution >= 4 is 28.3 Å². The van der Waals surface area contributed by atoms with E-state index in [1.807, 2.05) is 56.3 Å². The fourth-order valence-electron chi connectivity index (χ4n) is 3.03. The number of nitrogen functional groups attached to an aromatic ring is 1. The van der Waals surface area contributed by atoms with Gasteiger partial charge in [-0.25, -0.2) is 4.98 Å². The van der Waals surface area contributed by atoms with Gasteiger partial charge in [0.05, 0.1) is 17.1 Å². The molecule has 3 aromatic carbocycles. The van der Waals surface area contributed by atoms with E-state index in [4.69, 9.17) is 10.5 Å². The molecule has 0 bridgehead atoms. The van der Waals surface area contributed by atoms with Gasteiger partial charge in [-0.15, -0.1) is 0 Å². The Balaban J connectivity index is 1.54. The van der Waals surface area contributed by atoms with Gasteiger partial charge in [0.25, 0.3) is 5.91 Å². The topological polar surface area (TPSA) is 93.0 Å². The normalized spacial score (nSPS) is 11.0. The summed E-state index contributed by atoms with van der Waals surface area (Å²) in [6.07, 6.45) is 0.133. The average Bonchev–Trinajstić information content (AvgIpc) is 3.12. The minimum atomic E-state index is -0.190. The maximum Gasteiger partial charge on any atom is 0.255 e. The molecule has 0 spiro atoms. The smallest absolute Gasteiger partial charge is 0.255 e. The second-order valence-corrected chi connectivity index (χ2v) is 7.08. The molecule has 0 unspecified atom stereocenters. The minimum absolute atomic E-state index is 0.133. The molecule has 4 aromatic rings. The van der Waals surface area contributed by atoms with E-state index in [1.54, 1.807) is 24.3 Å². The standard InChI is InChI=1S/C23H22N4O2/c1-14(2)29-19-10-5-15(6-11-19)22-26-20-12-9-18(13-21(20)27-22)25-23(28)16-3-7-17(24)8-4-16/h3-14H,24H2,1-2H3,(H,25,28)(H,26,27). The van der Waals surface area contributed by atoms with Crippen LogP contribution in [0.4, 0.5) is 11.4 Å². The molecule has 4 N–H and O–H groups in total. The second kappa shape index (κ2) is 7.67. The van der Waals surface area contributed by atoms with Crippen LogP contribution in [0.5, 0.6) is 5.75 Å². The molecule has 6 nitrogen and oxygen atoms in total. The highest BCUT2D eigenvalue weighted by atomic mass is 16.5. The Bertz CT molecular complexity index is 1150. The highest BCUT2D eigenvalue weighted by Gasteiger charge is 2.09. The van der Waals surface area contributed by atoms with E-state index >= 15 is 0 Å². The fourth-order valence-corrected chi connectivity index (χ4v) is 3.03. The summed E-state index contributed by atoms with van der Waals surface area (Å²) in [5.74, 6) is 1.40. The number of imidazole rings is 1. The van der Waals surface area contributed by atoms with Crippen LogP contribution in [0.3, 0.4) is 0 Å². The fraction of sp³-hybridized carbons (Fsp3) is 0.130. The molecular formula is C23H22N4O2. The van der Waals surface area contributed by atoms with Crippen molar-refractivity contribution in [2.45, 2.75) is 20.0 Å². The summed E-state index contributed by atoms with van der Waals surface area (Å²) in [5.41, 5.74) is 10.2. The Labute approximate surface area is 168 Å². The predicted octanol–water partition coefficient (Wildman–Crippen LogP) is 4.85. The third-order valence-electron chi connectivity index (χ3n) is 4.41. The number of aromatic nitrogens is 2. The molecule has 1 aromatic heterocycles. The Kier molecular flexibility index (Phi) is 4.91. The molecule has 0 atom stereocenters. The number of hydrogen-bond donors (Lipinski definition) is 3. The van der Waals surface area contributed by atoms with Crippen molar-refractivity contribution in [3.8, 4) is 17.1 Å². The maximum atomic E-state index is 12.4. The molecule has 146 valence electrons. The summed E-state index contributed by atoms with van der Waals surface area (Å²) in [5, 5.41) is 2.90. The number of hydrogen-bond acceptors (Lipinski definition) is 4. The lowest BCUT2D eigenvalue weighted by atomic mass is 10.2. The van der Waals surface area contributed by atoms with Gasteiger partial charge >= 0.3 is 0 Å². The molecule has 6 heteroatoms. The number of nitrogens with two attached hydrogens (primary N) is 1. The molecule has 0 radical (unpaired) electrons. The third kappa shape index (κ3) is 4.21. The van der Waals surface area contributed by atoms with E-state index in [9.17, 15) is 4.79 Å². The molecule has 0 aliphatic carbocycles. The van der Waals surface area contributed by atoms with Gasteiger partial charge in [0.15, 0.2) is 0 Å². The summed E-state index contributed by atoms with van der Waals surface area (Å²) >= 11 is 0. The van der Waals surface area contributed by atoms with Crippen LogP contribution >= 0.6 is 0 Å². The predicted molar refractivity (Wildman–Crippen MR) is 116 cm³/mol. The van der Waals surface area contributed by atoms with Gasteiger partial charge in [0.2, 0.25) is 0 Å². The summed E-state index contributed by atoms with van der Waals surface area (Å²) in [6.45, 7) is 3.99. The lowest BCUT2D eigenvalue weighted by Gasteiger charge is -2.09. The number of carbonyl (C=O) groups excluding carboxylic acids is 1. The lowest BCUT2D eigenvalue weighted by Crippen LogP contribution is -2.11. The first-order chi connectivity index (χ1) is 14.0. The van der Waals surface area contributed by atoms with Crippen molar-refractivity contribution in [3.05, 3.63) is 72.3 Å². The molecule has 0 saturated carbocycles. The van der Waals surface area contributed by atoms with E-state index in [0.717, 1.165) is 28.2 Å². The van der Waals surface area contributed by atoms with Crippen LogP contribution in [-0.2, 0) is 0 Å². The van der Waals surface area contributed by atoms with Crippen LogP contribution in [0.2, 0.25) is 0 Å². The van der Waals surface area contributed by atoms with Gasteiger partial charge in [0, 0.05) is 22.5 Å². The van der Waals surface area contributed by atoms with E-state index in [-0.39, 0.29) is 12.0 Å². The average molecular weight is 386 g/mol. The summed E-state index contributed by atoms with van der Waals surface area (Å²) in [4.78, 5) is 20.4. The van der Waals surface area contributed by atoms with E-state index in [0.29, 0.717) is 16.9 Å². The van der Waals surface area contributed by atoms with Crippen molar-refractivity contribution in [1.29, 1.82) is 0 Å². The zero-order valence-corrected chi connectivity index (χ0v) is 16.3. The van der Waals surface area contributed by atoms with Crippen LogP contribution in [0, 0.1) is 0 Å². The second-order valence-electron chi connectivity index (χ2n) is 7.08. The molecular weight excluding hydrogens is 364 g/mol. The Morgan fingerprint density at radius 2 is 1.76 bits per heavy atom. The molecule has 1 amide bonds. The summed E-state index contributed by atoms with van der Waals surface area (Å²) in [6, 6.07) is 20.2. The van der Waals surface area contributed by atoms with Gasteiger partial charge in [-0.1, -0.05) is 0 Å². The maximum absolute atomic E-state index is 12.4. The highest BCUT2D eigenvalue weighted by Crippen LogP contribution is 2.25. The van der Waals surface area contributed by atoms with Crippen molar-refractivity contribution < 1.29 is 9.53 Å². The van der Waals surface area contributed by atoms with Crippen molar-refractivity contribution in [2.75, 3.05) is 11.1 Å². The van der Waals surface area contributed by atoms with Crippen LogP contribution in [0.1, 0.15) is 24.2 Å². The number of aromatic amines is 1. The van der Waals surface area contributed by atoms with Crippen LogP contribution < -0.4 is 15.8 Å². The number of fused-ring (bicyclic) bond motifs is 1. The van der Waals surface area contributed by atoms with Gasteiger partial charge in [-0.2, -0.15) is 0 Å². The van der Waals surface area contributed by atoms with Crippen molar-refractivity contribution in [3.63, 3.8) is 0 Å². The number of amides is 1. The van der Waals surface area contributed by atoms with Gasteiger partial charge in [0.1, 0.15) is 11.6 Å². The minimum Gasteiger partial charge on any atom is -0.491 e. The van der Waals surface area contributed by atoms with Crippen LogP contribution in [0.25, 0.3) is 22.4 Å². The number of ether oxygens (including phenoxy) is 1. The molecule has 4 rings (SSSR count). The van der Waals surface area contributed by atoms with Crippen molar-refractivity contribution in [1.82, 2.24) is 9.97 Å². The number of H-pyrrole nitrogens is 1. The molecule has 0 fully saturated rings. The third-order valence-corrected chi connectivity index (χ3v) is 4.41. The molecule has 0 aliphatic heterocycles. The van der Waals surface area contributed by atoms with Gasteiger partial charge in [-0.3, -0.25) is 4.79 Å². The molecule has 1 heterocycles. The van der Waals surface area contributed by atoms with Crippen molar-refractivity contribution in [2.24, 2.45) is 0 Å². The zero-order valence-electron chi connectivity index (χ0n) is 16.3. The van der Waals surface area contributed by atoms with Gasteiger partial charge in [-0.05, 0) is 80.6 Å². The first kappa shape index (κ1) is 18.6. The number of nitrogens with zero attached hydrogens (tertiary/aromatic N) is 1.